The summed E-state index contributed by atoms with van der Waals surface area (Å²) in [6, 6.07) is 5.21. The number of hydrogen-bond acceptors (Lipinski definition) is 5. The number of piperazine rings is 1. The number of carbonyl (C=O) groups is 2. The Morgan fingerprint density at radius 1 is 1.14 bits per heavy atom. The molecule has 1 saturated carbocycles. The molecule has 0 unspecified atom stereocenters. The van der Waals surface area contributed by atoms with E-state index in [2.05, 4.69) is 9.64 Å². The second-order valence-electron chi connectivity index (χ2n) is 7.28. The number of esters is 1. The van der Waals surface area contributed by atoms with Crippen LogP contribution in [-0.4, -0.2) is 54.6 Å². The molecule has 4 rings (SSSR count). The molecule has 1 saturated heterocycles. The quantitative estimate of drug-likeness (QED) is 0.595. The molecule has 7 nitrogen and oxygen atoms in total. The number of aromatic nitrogens is 1. The molecule has 0 bridgehead atoms. The van der Waals surface area contributed by atoms with E-state index in [-0.39, 0.29) is 11.9 Å². The molecule has 148 valence electrons. The van der Waals surface area contributed by atoms with E-state index < -0.39 is 22.9 Å². The topological polar surface area (TPSA) is 71.8 Å². The van der Waals surface area contributed by atoms with Gasteiger partial charge in [-0.3, -0.25) is 9.59 Å². The monoisotopic (exact) mass is 387 g/mol. The SMILES string of the molecule is COC(=O)c1c(F)n(C2CC2)c2cc(N3CCN(C(C)=O)CC3)ccc2c1=O. The van der Waals surface area contributed by atoms with E-state index in [0.29, 0.717) is 37.1 Å². The highest BCUT2D eigenvalue weighted by molar-refractivity contribution is 5.95. The summed E-state index contributed by atoms with van der Waals surface area (Å²) in [7, 11) is 1.14. The van der Waals surface area contributed by atoms with E-state index in [1.807, 2.05) is 12.1 Å². The highest BCUT2D eigenvalue weighted by Gasteiger charge is 2.32. The van der Waals surface area contributed by atoms with Crippen molar-refractivity contribution in [3.05, 3.63) is 39.9 Å². The van der Waals surface area contributed by atoms with E-state index >= 15 is 4.39 Å². The molecule has 28 heavy (non-hydrogen) atoms. The molecule has 2 aromatic rings. The van der Waals surface area contributed by atoms with Crippen LogP contribution in [0.4, 0.5) is 10.1 Å². The molecule has 0 N–H and O–H groups in total. The van der Waals surface area contributed by atoms with Gasteiger partial charge in [0.05, 0.1) is 12.6 Å². The lowest BCUT2D eigenvalue weighted by Crippen LogP contribution is -2.48. The van der Waals surface area contributed by atoms with Crippen LogP contribution in [0.15, 0.2) is 23.0 Å². The third-order valence-electron chi connectivity index (χ3n) is 5.52. The lowest BCUT2D eigenvalue weighted by molar-refractivity contribution is -0.129. The number of halogens is 1. The molecule has 8 heteroatoms. The number of hydrogen-bond donors (Lipinski definition) is 0. The molecule has 2 heterocycles. The zero-order valence-electron chi connectivity index (χ0n) is 15.9. The van der Waals surface area contributed by atoms with Gasteiger partial charge in [0, 0.05) is 50.2 Å². The van der Waals surface area contributed by atoms with Crippen molar-refractivity contribution in [1.82, 2.24) is 9.47 Å². The van der Waals surface area contributed by atoms with Crippen LogP contribution in [0.3, 0.4) is 0 Å². The summed E-state index contributed by atoms with van der Waals surface area (Å²) in [6.45, 7) is 4.14. The lowest BCUT2D eigenvalue weighted by Gasteiger charge is -2.35. The standard InChI is InChI=1S/C20H22FN3O4/c1-12(25)22-7-9-23(10-8-22)14-5-6-15-16(11-14)24(13-3-4-13)19(21)17(18(15)26)20(27)28-2/h5-6,11,13H,3-4,7-10H2,1-2H3. The van der Waals surface area contributed by atoms with Gasteiger partial charge in [0.2, 0.25) is 17.3 Å². The maximum atomic E-state index is 15.1. The summed E-state index contributed by atoms with van der Waals surface area (Å²) in [6.07, 6.45) is 1.61. The molecule has 1 aliphatic carbocycles. The molecule has 0 atom stereocenters. The minimum atomic E-state index is -0.955. The number of nitrogens with zero attached hydrogens (tertiary/aromatic N) is 3. The van der Waals surface area contributed by atoms with Crippen LogP contribution < -0.4 is 10.3 Å². The first kappa shape index (κ1) is 18.5. The zero-order chi connectivity index (χ0) is 20.0. The Bertz CT molecular complexity index is 1020. The van der Waals surface area contributed by atoms with Crippen molar-refractivity contribution in [2.45, 2.75) is 25.8 Å². The van der Waals surface area contributed by atoms with Crippen LogP contribution in [0, 0.1) is 5.95 Å². The van der Waals surface area contributed by atoms with Gasteiger partial charge < -0.3 is 19.1 Å². The number of pyridine rings is 1. The normalized spacial score (nSPS) is 17.1. The maximum absolute atomic E-state index is 15.1. The minimum Gasteiger partial charge on any atom is -0.465 e. The van der Waals surface area contributed by atoms with Crippen molar-refractivity contribution in [3.8, 4) is 0 Å². The summed E-state index contributed by atoms with van der Waals surface area (Å²) >= 11 is 0. The Kier molecular flexibility index (Phi) is 4.56. The van der Waals surface area contributed by atoms with Gasteiger partial charge in [-0.1, -0.05) is 0 Å². The van der Waals surface area contributed by atoms with Crippen molar-refractivity contribution >= 4 is 28.5 Å². The Labute approximate surface area is 161 Å². The van der Waals surface area contributed by atoms with E-state index in [9.17, 15) is 14.4 Å². The lowest BCUT2D eigenvalue weighted by atomic mass is 10.1. The van der Waals surface area contributed by atoms with Crippen LogP contribution in [0.1, 0.15) is 36.2 Å². The maximum Gasteiger partial charge on any atom is 0.346 e. The second kappa shape index (κ2) is 6.92. The van der Waals surface area contributed by atoms with Gasteiger partial charge in [-0.25, -0.2) is 4.79 Å². The van der Waals surface area contributed by atoms with Gasteiger partial charge in [-0.15, -0.1) is 0 Å². The van der Waals surface area contributed by atoms with Crippen LogP contribution in [0.5, 0.6) is 0 Å². The summed E-state index contributed by atoms with van der Waals surface area (Å²) in [5.74, 6) is -1.73. The average molecular weight is 387 g/mol. The smallest absolute Gasteiger partial charge is 0.346 e. The molecule has 1 aromatic carbocycles. The first-order valence-corrected chi connectivity index (χ1v) is 9.39. The fourth-order valence-electron chi connectivity index (χ4n) is 3.81. The highest BCUT2D eigenvalue weighted by Crippen LogP contribution is 2.39. The number of benzene rings is 1. The van der Waals surface area contributed by atoms with Crippen molar-refractivity contribution < 1.29 is 18.7 Å². The number of fused-ring (bicyclic) bond motifs is 1. The number of amides is 1. The molecule has 2 fully saturated rings. The van der Waals surface area contributed by atoms with Crippen molar-refractivity contribution in [2.24, 2.45) is 0 Å². The van der Waals surface area contributed by atoms with Crippen LogP contribution in [0.2, 0.25) is 0 Å². The van der Waals surface area contributed by atoms with Gasteiger partial charge in [-0.2, -0.15) is 4.39 Å². The fourth-order valence-corrected chi connectivity index (χ4v) is 3.81. The largest absolute Gasteiger partial charge is 0.465 e. The van der Waals surface area contributed by atoms with Gasteiger partial charge in [-0.05, 0) is 31.0 Å². The number of carbonyl (C=O) groups excluding carboxylic acids is 2. The van der Waals surface area contributed by atoms with E-state index in [1.165, 1.54) is 4.57 Å². The number of methoxy groups -OCH3 is 1. The second-order valence-corrected chi connectivity index (χ2v) is 7.28. The molecule has 1 amide bonds. The van der Waals surface area contributed by atoms with E-state index in [0.717, 1.165) is 25.6 Å². The highest BCUT2D eigenvalue weighted by atomic mass is 19.1. The Morgan fingerprint density at radius 2 is 1.82 bits per heavy atom. The van der Waals surface area contributed by atoms with Crippen molar-refractivity contribution in [3.63, 3.8) is 0 Å². The first-order chi connectivity index (χ1) is 13.4. The van der Waals surface area contributed by atoms with Crippen molar-refractivity contribution in [2.75, 3.05) is 38.2 Å². The molecule has 0 spiro atoms. The molecule has 0 radical (unpaired) electrons. The Hall–Kier alpha value is -2.90. The predicted molar refractivity (Wildman–Crippen MR) is 102 cm³/mol. The summed E-state index contributed by atoms with van der Waals surface area (Å²) in [5.41, 5.74) is 0.174. The zero-order valence-corrected chi connectivity index (χ0v) is 15.9. The first-order valence-electron chi connectivity index (χ1n) is 9.39. The molecular weight excluding hydrogens is 365 g/mol. The third-order valence-corrected chi connectivity index (χ3v) is 5.52. The van der Waals surface area contributed by atoms with E-state index in [1.54, 1.807) is 17.9 Å². The molecule has 2 aliphatic rings. The predicted octanol–water partition coefficient (Wildman–Crippen LogP) is 1.93. The number of rotatable bonds is 3. The van der Waals surface area contributed by atoms with Crippen LogP contribution in [0.25, 0.3) is 10.9 Å². The average Bonchev–Trinajstić information content (AvgIpc) is 3.52. The van der Waals surface area contributed by atoms with Gasteiger partial charge in [0.15, 0.2) is 5.56 Å². The van der Waals surface area contributed by atoms with Crippen LogP contribution >= 0.6 is 0 Å². The summed E-state index contributed by atoms with van der Waals surface area (Å²) in [5, 5.41) is 0.305. The molecule has 1 aromatic heterocycles. The number of anilines is 1. The fraction of sp³-hybridized carbons (Fsp3) is 0.450. The summed E-state index contributed by atoms with van der Waals surface area (Å²) < 4.78 is 21.2. The molecular formula is C20H22FN3O4. The van der Waals surface area contributed by atoms with Gasteiger partial charge >= 0.3 is 5.97 Å². The van der Waals surface area contributed by atoms with Crippen LogP contribution in [-0.2, 0) is 9.53 Å². The minimum absolute atomic E-state index is 0.0538. The van der Waals surface area contributed by atoms with E-state index in [4.69, 9.17) is 0 Å². The summed E-state index contributed by atoms with van der Waals surface area (Å²) in [4.78, 5) is 40.1. The van der Waals surface area contributed by atoms with Crippen molar-refractivity contribution in [1.29, 1.82) is 0 Å². The Balaban J connectivity index is 1.80. The number of ether oxygens (including phenoxy) is 1. The molecule has 1 aliphatic heterocycles. The van der Waals surface area contributed by atoms with Gasteiger partial charge in [0.1, 0.15) is 0 Å². The third kappa shape index (κ3) is 3.02. The Morgan fingerprint density at radius 3 is 2.39 bits per heavy atom. The van der Waals surface area contributed by atoms with Gasteiger partial charge in [0.25, 0.3) is 0 Å².